The zero-order valence-electron chi connectivity index (χ0n) is 8.97. The molecule has 6 nitrogen and oxygen atoms in total. The molecule has 0 aliphatic carbocycles. The predicted molar refractivity (Wildman–Crippen MR) is 66.6 cm³/mol. The number of amides is 1. The minimum Gasteiger partial charge on any atom is -0.351 e. The van der Waals surface area contributed by atoms with Gasteiger partial charge in [-0.2, -0.15) is 11.8 Å². The van der Waals surface area contributed by atoms with Crippen molar-refractivity contribution >= 4 is 35.0 Å². The van der Waals surface area contributed by atoms with Gasteiger partial charge in [-0.3, -0.25) is 14.9 Å². The molecule has 0 saturated heterocycles. The van der Waals surface area contributed by atoms with E-state index in [9.17, 15) is 14.9 Å². The van der Waals surface area contributed by atoms with E-state index in [1.54, 1.807) is 11.8 Å². The van der Waals surface area contributed by atoms with Crippen LogP contribution in [0, 0.1) is 10.1 Å². The van der Waals surface area contributed by atoms with E-state index in [1.807, 2.05) is 6.26 Å². The molecule has 0 bridgehead atoms. The Labute approximate surface area is 107 Å². The molecule has 92 valence electrons. The van der Waals surface area contributed by atoms with E-state index in [1.165, 1.54) is 12.3 Å². The van der Waals surface area contributed by atoms with Gasteiger partial charge in [0, 0.05) is 18.5 Å². The number of halogens is 1. The van der Waals surface area contributed by atoms with Gasteiger partial charge in [-0.25, -0.2) is 4.98 Å². The van der Waals surface area contributed by atoms with Crippen LogP contribution >= 0.6 is 23.4 Å². The summed E-state index contributed by atoms with van der Waals surface area (Å²) in [5.41, 5.74) is -0.535. The third-order valence-corrected chi connectivity index (χ3v) is 2.79. The first-order chi connectivity index (χ1) is 8.07. The second kappa shape index (κ2) is 6.41. The standard InChI is InChI=1S/C9H10ClN3O3S/c1-17-5-4-12-9(14)6-2-3-11-8(10)7(6)13(15)16/h2-3H,4-5H2,1H3,(H,12,14). The van der Waals surface area contributed by atoms with E-state index in [-0.39, 0.29) is 10.7 Å². The summed E-state index contributed by atoms with van der Waals surface area (Å²) in [5.74, 6) is 0.216. The number of rotatable bonds is 5. The Bertz CT molecular complexity index is 441. The smallest absolute Gasteiger partial charge is 0.319 e. The number of nitrogens with one attached hydrogen (secondary N) is 1. The molecular weight excluding hydrogens is 266 g/mol. The maximum absolute atomic E-state index is 11.7. The van der Waals surface area contributed by atoms with Crippen LogP contribution in [0.15, 0.2) is 12.3 Å². The van der Waals surface area contributed by atoms with Crippen molar-refractivity contribution in [2.75, 3.05) is 18.6 Å². The fourth-order valence-electron chi connectivity index (χ4n) is 1.15. The summed E-state index contributed by atoms with van der Waals surface area (Å²) in [4.78, 5) is 25.3. The highest BCUT2D eigenvalue weighted by Crippen LogP contribution is 2.25. The van der Waals surface area contributed by atoms with Crippen LogP contribution in [0.3, 0.4) is 0 Å². The highest BCUT2D eigenvalue weighted by molar-refractivity contribution is 7.98. The maximum atomic E-state index is 11.7. The molecule has 17 heavy (non-hydrogen) atoms. The van der Waals surface area contributed by atoms with Crippen molar-refractivity contribution in [3.8, 4) is 0 Å². The Morgan fingerprint density at radius 1 is 1.71 bits per heavy atom. The molecular formula is C9H10ClN3O3S. The lowest BCUT2D eigenvalue weighted by Crippen LogP contribution is -2.26. The fraction of sp³-hybridized carbons (Fsp3) is 0.333. The van der Waals surface area contributed by atoms with Crippen molar-refractivity contribution in [2.24, 2.45) is 0 Å². The van der Waals surface area contributed by atoms with Crippen molar-refractivity contribution in [3.63, 3.8) is 0 Å². The Balaban J connectivity index is 2.93. The second-order valence-corrected chi connectivity index (χ2v) is 4.35. The van der Waals surface area contributed by atoms with Gasteiger partial charge in [-0.05, 0) is 12.3 Å². The number of nitrogens with zero attached hydrogens (tertiary/aromatic N) is 2. The molecule has 1 rings (SSSR count). The van der Waals surface area contributed by atoms with Gasteiger partial charge in [0.15, 0.2) is 0 Å². The first kappa shape index (κ1) is 13.7. The average Bonchev–Trinajstić information content (AvgIpc) is 2.28. The van der Waals surface area contributed by atoms with Gasteiger partial charge in [-0.15, -0.1) is 0 Å². The third kappa shape index (κ3) is 3.57. The Morgan fingerprint density at radius 3 is 3.00 bits per heavy atom. The lowest BCUT2D eigenvalue weighted by atomic mass is 10.2. The largest absolute Gasteiger partial charge is 0.351 e. The number of nitro groups is 1. The minimum absolute atomic E-state index is 0.0731. The molecule has 1 aromatic heterocycles. The zero-order valence-corrected chi connectivity index (χ0v) is 10.5. The molecule has 0 aromatic carbocycles. The number of aromatic nitrogens is 1. The van der Waals surface area contributed by atoms with Gasteiger partial charge in [0.05, 0.1) is 4.92 Å². The monoisotopic (exact) mass is 275 g/mol. The predicted octanol–water partition coefficient (Wildman–Crippen LogP) is 1.74. The molecule has 0 atom stereocenters. The average molecular weight is 276 g/mol. The third-order valence-electron chi connectivity index (χ3n) is 1.90. The lowest BCUT2D eigenvalue weighted by molar-refractivity contribution is -0.385. The van der Waals surface area contributed by atoms with Crippen molar-refractivity contribution in [3.05, 3.63) is 33.1 Å². The van der Waals surface area contributed by atoms with Crippen molar-refractivity contribution in [1.29, 1.82) is 0 Å². The summed E-state index contributed by atoms with van der Waals surface area (Å²) in [6, 6.07) is 1.28. The van der Waals surface area contributed by atoms with Gasteiger partial charge in [0.2, 0.25) is 5.15 Å². The zero-order chi connectivity index (χ0) is 12.8. The van der Waals surface area contributed by atoms with Gasteiger partial charge in [0.1, 0.15) is 5.56 Å². The van der Waals surface area contributed by atoms with Gasteiger partial charge >= 0.3 is 5.69 Å². The van der Waals surface area contributed by atoms with Crippen LogP contribution in [0.5, 0.6) is 0 Å². The van der Waals surface area contributed by atoms with Crippen LogP contribution in [0.4, 0.5) is 5.69 Å². The molecule has 0 radical (unpaired) electrons. The fourth-order valence-corrected chi connectivity index (χ4v) is 1.68. The molecule has 1 aromatic rings. The lowest BCUT2D eigenvalue weighted by Gasteiger charge is -2.05. The summed E-state index contributed by atoms with van der Waals surface area (Å²) in [6.45, 7) is 0.442. The van der Waals surface area contributed by atoms with Crippen LogP contribution in [-0.4, -0.2) is 34.4 Å². The molecule has 0 aliphatic heterocycles. The second-order valence-electron chi connectivity index (χ2n) is 3.00. The van der Waals surface area contributed by atoms with Gasteiger partial charge in [-0.1, -0.05) is 11.6 Å². The number of hydrogen-bond donors (Lipinski definition) is 1. The molecule has 1 heterocycles. The molecule has 0 spiro atoms. The van der Waals surface area contributed by atoms with Gasteiger partial charge in [0.25, 0.3) is 5.91 Å². The van der Waals surface area contributed by atoms with Gasteiger partial charge < -0.3 is 5.32 Å². The van der Waals surface area contributed by atoms with E-state index < -0.39 is 16.5 Å². The molecule has 1 amide bonds. The number of pyridine rings is 1. The van der Waals surface area contributed by atoms with Crippen molar-refractivity contribution in [1.82, 2.24) is 10.3 Å². The van der Waals surface area contributed by atoms with Crippen LogP contribution < -0.4 is 5.32 Å². The van der Waals surface area contributed by atoms with E-state index in [0.29, 0.717) is 6.54 Å². The topological polar surface area (TPSA) is 85.1 Å². The molecule has 0 aliphatic rings. The molecule has 8 heteroatoms. The van der Waals surface area contributed by atoms with Crippen molar-refractivity contribution < 1.29 is 9.72 Å². The minimum atomic E-state index is -0.710. The molecule has 0 saturated carbocycles. The number of carbonyl (C=O) groups excluding carboxylic acids is 1. The summed E-state index contributed by atoms with van der Waals surface area (Å²) < 4.78 is 0. The Morgan fingerprint density at radius 2 is 2.41 bits per heavy atom. The number of carbonyl (C=O) groups is 1. The first-order valence-electron chi connectivity index (χ1n) is 4.64. The maximum Gasteiger partial charge on any atom is 0.319 e. The van der Waals surface area contributed by atoms with E-state index in [4.69, 9.17) is 11.6 Å². The SMILES string of the molecule is CSCCNC(=O)c1ccnc(Cl)c1[N+](=O)[O-]. The normalized spacial score (nSPS) is 10.0. The summed E-state index contributed by atoms with van der Waals surface area (Å²) in [6.07, 6.45) is 3.16. The van der Waals surface area contributed by atoms with Crippen LogP contribution in [0.25, 0.3) is 0 Å². The highest BCUT2D eigenvalue weighted by Gasteiger charge is 2.24. The number of hydrogen-bond acceptors (Lipinski definition) is 5. The van der Waals surface area contributed by atoms with E-state index >= 15 is 0 Å². The number of thioether (sulfide) groups is 1. The van der Waals surface area contributed by atoms with E-state index in [0.717, 1.165) is 5.75 Å². The van der Waals surface area contributed by atoms with Crippen LogP contribution in [0.2, 0.25) is 5.15 Å². The Hall–Kier alpha value is -1.34. The van der Waals surface area contributed by atoms with Crippen molar-refractivity contribution in [2.45, 2.75) is 0 Å². The summed E-state index contributed by atoms with van der Waals surface area (Å²) in [7, 11) is 0. The summed E-state index contributed by atoms with van der Waals surface area (Å²) >= 11 is 7.16. The quantitative estimate of drug-likeness (QED) is 0.383. The molecule has 0 fully saturated rings. The first-order valence-corrected chi connectivity index (χ1v) is 6.41. The molecule has 0 unspecified atom stereocenters. The van der Waals surface area contributed by atoms with Crippen LogP contribution in [-0.2, 0) is 0 Å². The van der Waals surface area contributed by atoms with Crippen LogP contribution in [0.1, 0.15) is 10.4 Å². The van der Waals surface area contributed by atoms with E-state index in [2.05, 4.69) is 10.3 Å². The highest BCUT2D eigenvalue weighted by atomic mass is 35.5. The Kier molecular flexibility index (Phi) is 5.17. The summed E-state index contributed by atoms with van der Waals surface area (Å²) in [5, 5.41) is 13.1. The molecule has 1 N–H and O–H groups in total.